The number of aromatic carboxylic acids is 1. The fourth-order valence-electron chi connectivity index (χ4n) is 1.29. The second kappa shape index (κ2) is 3.47. The van der Waals surface area contributed by atoms with Gasteiger partial charge >= 0.3 is 5.97 Å². The molecule has 2 aromatic rings. The molecule has 0 fully saturated rings. The molecular weight excluding hydrogens is 214 g/mol. The number of carboxylic acids is 1. The van der Waals surface area contributed by atoms with E-state index >= 15 is 0 Å². The summed E-state index contributed by atoms with van der Waals surface area (Å²) in [5.41, 5.74) is 0.951. The van der Waals surface area contributed by atoms with Gasteiger partial charge in [0.15, 0.2) is 5.69 Å². The molecule has 0 amide bonds. The zero-order valence-corrected chi connectivity index (χ0v) is 9.08. The number of nitrogens with zero attached hydrogens (tertiary/aromatic N) is 3. The van der Waals surface area contributed by atoms with Gasteiger partial charge in [0.2, 0.25) is 0 Å². The summed E-state index contributed by atoms with van der Waals surface area (Å²) in [4.78, 5) is 15.6. The smallest absolute Gasteiger partial charge is 0.355 e. The second-order valence-corrected chi connectivity index (χ2v) is 4.27. The van der Waals surface area contributed by atoms with Crippen LogP contribution < -0.4 is 0 Å². The fraction of sp³-hybridized carbons (Fsp3) is 0.222. The predicted molar refractivity (Wildman–Crippen MR) is 56.0 cm³/mol. The van der Waals surface area contributed by atoms with E-state index in [-0.39, 0.29) is 5.69 Å². The van der Waals surface area contributed by atoms with Crippen LogP contribution in [0.5, 0.6) is 0 Å². The van der Waals surface area contributed by atoms with Crippen LogP contribution in [0.2, 0.25) is 0 Å². The lowest BCUT2D eigenvalue weighted by molar-refractivity contribution is 0.0690. The summed E-state index contributed by atoms with van der Waals surface area (Å²) in [7, 11) is 1.80. The molecule has 0 saturated carbocycles. The summed E-state index contributed by atoms with van der Waals surface area (Å²) < 4.78 is 1.67. The van der Waals surface area contributed by atoms with Crippen LogP contribution >= 0.6 is 11.3 Å². The zero-order chi connectivity index (χ0) is 11.0. The number of hydrogen-bond acceptors (Lipinski definition) is 4. The maximum atomic E-state index is 10.8. The third-order valence-electron chi connectivity index (χ3n) is 2.04. The Morgan fingerprint density at radius 3 is 2.80 bits per heavy atom. The van der Waals surface area contributed by atoms with Crippen LogP contribution in [0.25, 0.3) is 10.7 Å². The molecule has 0 aliphatic rings. The van der Waals surface area contributed by atoms with Crippen molar-refractivity contribution in [2.45, 2.75) is 6.92 Å². The molecule has 0 aliphatic carbocycles. The van der Waals surface area contributed by atoms with Gasteiger partial charge in [-0.05, 0) is 13.0 Å². The van der Waals surface area contributed by atoms with Crippen LogP contribution in [0, 0.1) is 6.92 Å². The van der Waals surface area contributed by atoms with Crippen LogP contribution in [-0.2, 0) is 7.05 Å². The summed E-state index contributed by atoms with van der Waals surface area (Å²) in [6.07, 6.45) is 1.66. The van der Waals surface area contributed by atoms with E-state index in [4.69, 9.17) is 5.11 Å². The SMILES string of the molecule is Cc1sc(-c2ccnn2C)nc1C(=O)O. The van der Waals surface area contributed by atoms with E-state index < -0.39 is 5.97 Å². The predicted octanol–water partition coefficient (Wildman–Crippen LogP) is 1.55. The molecule has 0 radical (unpaired) electrons. The molecule has 1 N–H and O–H groups in total. The van der Waals surface area contributed by atoms with Crippen molar-refractivity contribution in [3.63, 3.8) is 0 Å². The standard InChI is InChI=1S/C9H9N3O2S/c1-5-7(9(13)14)11-8(15-5)6-3-4-10-12(6)2/h3-4H,1-2H3,(H,13,14). The number of aromatic nitrogens is 3. The molecule has 0 saturated heterocycles. The van der Waals surface area contributed by atoms with Gasteiger partial charge in [0.05, 0.1) is 5.69 Å². The molecule has 5 nitrogen and oxygen atoms in total. The van der Waals surface area contributed by atoms with E-state index in [2.05, 4.69) is 10.1 Å². The fourth-order valence-corrected chi connectivity index (χ4v) is 2.25. The number of thiazole rings is 1. The normalized spacial score (nSPS) is 10.5. The largest absolute Gasteiger partial charge is 0.476 e. The van der Waals surface area contributed by atoms with Crippen molar-refractivity contribution in [2.24, 2.45) is 7.05 Å². The van der Waals surface area contributed by atoms with E-state index in [1.54, 1.807) is 24.9 Å². The van der Waals surface area contributed by atoms with Crippen LogP contribution in [0.1, 0.15) is 15.4 Å². The Kier molecular flexibility index (Phi) is 2.28. The van der Waals surface area contributed by atoms with Crippen LogP contribution in [-0.4, -0.2) is 25.8 Å². The monoisotopic (exact) mass is 223 g/mol. The van der Waals surface area contributed by atoms with Gasteiger partial charge in [0.1, 0.15) is 5.01 Å². The second-order valence-electron chi connectivity index (χ2n) is 3.07. The highest BCUT2D eigenvalue weighted by Crippen LogP contribution is 2.26. The molecule has 0 bridgehead atoms. The minimum absolute atomic E-state index is 0.121. The Morgan fingerprint density at radius 1 is 1.60 bits per heavy atom. The van der Waals surface area contributed by atoms with Crippen molar-refractivity contribution in [1.29, 1.82) is 0 Å². The third kappa shape index (κ3) is 1.63. The van der Waals surface area contributed by atoms with E-state index in [0.717, 1.165) is 5.69 Å². The Hall–Kier alpha value is -1.69. The van der Waals surface area contributed by atoms with Crippen LogP contribution in [0.4, 0.5) is 0 Å². The molecule has 2 rings (SSSR count). The van der Waals surface area contributed by atoms with Gasteiger partial charge < -0.3 is 5.11 Å². The highest BCUT2D eigenvalue weighted by molar-refractivity contribution is 7.15. The first-order chi connectivity index (χ1) is 7.09. The van der Waals surface area contributed by atoms with Gasteiger partial charge in [-0.25, -0.2) is 9.78 Å². The molecule has 2 aromatic heterocycles. The first-order valence-electron chi connectivity index (χ1n) is 4.28. The summed E-state index contributed by atoms with van der Waals surface area (Å²) in [5, 5.41) is 13.6. The van der Waals surface area contributed by atoms with Gasteiger partial charge in [-0.15, -0.1) is 11.3 Å². The Bertz CT molecular complexity index is 515. The van der Waals surface area contributed by atoms with E-state index in [9.17, 15) is 4.79 Å². The lowest BCUT2D eigenvalue weighted by atomic mass is 10.4. The highest BCUT2D eigenvalue weighted by Gasteiger charge is 2.16. The molecule has 6 heteroatoms. The quantitative estimate of drug-likeness (QED) is 0.838. The van der Waals surface area contributed by atoms with Crippen molar-refractivity contribution >= 4 is 17.3 Å². The first kappa shape index (κ1) is 9.85. The average molecular weight is 223 g/mol. The lowest BCUT2D eigenvalue weighted by Gasteiger charge is -1.94. The van der Waals surface area contributed by atoms with Crippen molar-refractivity contribution in [1.82, 2.24) is 14.8 Å². The number of carboxylic acid groups (broad SMARTS) is 1. The Labute approximate surface area is 90.0 Å². The lowest BCUT2D eigenvalue weighted by Crippen LogP contribution is -1.99. The molecule has 0 atom stereocenters. The summed E-state index contributed by atoms with van der Waals surface area (Å²) in [5.74, 6) is -0.989. The molecule has 0 spiro atoms. The Morgan fingerprint density at radius 2 is 2.33 bits per heavy atom. The average Bonchev–Trinajstić information content (AvgIpc) is 2.71. The minimum Gasteiger partial charge on any atom is -0.476 e. The maximum Gasteiger partial charge on any atom is 0.355 e. The Balaban J connectivity index is 2.52. The van der Waals surface area contributed by atoms with Gasteiger partial charge in [-0.1, -0.05) is 0 Å². The molecular formula is C9H9N3O2S. The first-order valence-corrected chi connectivity index (χ1v) is 5.10. The third-order valence-corrected chi connectivity index (χ3v) is 3.03. The molecule has 0 aliphatic heterocycles. The van der Waals surface area contributed by atoms with E-state index in [0.29, 0.717) is 9.88 Å². The van der Waals surface area contributed by atoms with Gasteiger partial charge in [0.25, 0.3) is 0 Å². The van der Waals surface area contributed by atoms with Gasteiger partial charge in [-0.2, -0.15) is 5.10 Å². The topological polar surface area (TPSA) is 68.0 Å². The van der Waals surface area contributed by atoms with Crippen LogP contribution in [0.3, 0.4) is 0 Å². The maximum absolute atomic E-state index is 10.8. The van der Waals surface area contributed by atoms with E-state index in [1.165, 1.54) is 11.3 Å². The minimum atomic E-state index is -0.989. The summed E-state index contributed by atoms with van der Waals surface area (Å²) >= 11 is 1.36. The molecule has 0 aromatic carbocycles. The number of carbonyl (C=O) groups is 1. The molecule has 78 valence electrons. The van der Waals surface area contributed by atoms with E-state index in [1.807, 2.05) is 6.07 Å². The zero-order valence-electron chi connectivity index (χ0n) is 8.26. The molecule has 2 heterocycles. The number of rotatable bonds is 2. The summed E-state index contributed by atoms with van der Waals surface area (Å²) in [6.45, 7) is 1.75. The molecule has 15 heavy (non-hydrogen) atoms. The number of aryl methyl sites for hydroxylation is 2. The van der Waals surface area contributed by atoms with Crippen LogP contribution in [0.15, 0.2) is 12.3 Å². The van der Waals surface area contributed by atoms with Gasteiger partial charge in [-0.3, -0.25) is 4.68 Å². The molecule has 0 unspecified atom stereocenters. The van der Waals surface area contributed by atoms with Crippen molar-refractivity contribution in [2.75, 3.05) is 0 Å². The summed E-state index contributed by atoms with van der Waals surface area (Å²) in [6, 6.07) is 1.81. The van der Waals surface area contributed by atoms with Crippen molar-refractivity contribution in [3.8, 4) is 10.7 Å². The highest BCUT2D eigenvalue weighted by atomic mass is 32.1. The van der Waals surface area contributed by atoms with Crippen molar-refractivity contribution in [3.05, 3.63) is 22.8 Å². The van der Waals surface area contributed by atoms with Gasteiger partial charge in [0, 0.05) is 18.1 Å². The number of hydrogen-bond donors (Lipinski definition) is 1. The van der Waals surface area contributed by atoms with Crippen molar-refractivity contribution < 1.29 is 9.90 Å².